The first-order valence-electron chi connectivity index (χ1n) is 7.89. The third kappa shape index (κ3) is 4.42. The summed E-state index contributed by atoms with van der Waals surface area (Å²) in [6.07, 6.45) is 5.37. The van der Waals surface area contributed by atoms with Crippen LogP contribution in [0.15, 0.2) is 41.0 Å². The quantitative estimate of drug-likeness (QED) is 0.836. The summed E-state index contributed by atoms with van der Waals surface area (Å²) in [4.78, 5) is 12.1. The van der Waals surface area contributed by atoms with E-state index < -0.39 is 0 Å². The van der Waals surface area contributed by atoms with Crippen molar-refractivity contribution in [2.24, 2.45) is 0 Å². The third-order valence-electron chi connectivity index (χ3n) is 3.98. The fourth-order valence-electron chi connectivity index (χ4n) is 2.72. The molecule has 0 spiro atoms. The van der Waals surface area contributed by atoms with Crippen molar-refractivity contribution in [2.75, 3.05) is 11.9 Å². The molecule has 1 aromatic carbocycles. The minimum absolute atomic E-state index is 0.00868. The average Bonchev–Trinajstić information content (AvgIpc) is 3.20. The number of benzene rings is 1. The van der Waals surface area contributed by atoms with Gasteiger partial charge < -0.3 is 10.1 Å². The number of nitrogens with one attached hydrogen (secondary N) is 1. The Morgan fingerprint density at radius 2 is 2.26 bits per heavy atom. The zero-order valence-electron chi connectivity index (χ0n) is 12.9. The van der Waals surface area contributed by atoms with Crippen LogP contribution < -0.4 is 5.32 Å². The minimum Gasteiger partial charge on any atom is -0.378 e. The first-order valence-corrected chi connectivity index (χ1v) is 8.68. The summed E-state index contributed by atoms with van der Waals surface area (Å²) in [5, 5.41) is 7.24. The van der Waals surface area contributed by atoms with Crippen molar-refractivity contribution in [1.29, 1.82) is 0 Å². The molecule has 1 fully saturated rings. The van der Waals surface area contributed by atoms with Gasteiger partial charge in [-0.3, -0.25) is 4.79 Å². The van der Waals surface area contributed by atoms with Gasteiger partial charge in [0.1, 0.15) is 5.82 Å². The Balaban J connectivity index is 1.57. The number of halogens is 1. The number of hydrogen-bond donors (Lipinski definition) is 1. The number of rotatable bonds is 6. The second-order valence-corrected chi connectivity index (χ2v) is 6.54. The van der Waals surface area contributed by atoms with Crippen molar-refractivity contribution < 1.29 is 9.53 Å². The Hall–Kier alpha value is -1.66. The van der Waals surface area contributed by atoms with E-state index >= 15 is 0 Å². The van der Waals surface area contributed by atoms with Crippen LogP contribution in [-0.4, -0.2) is 28.4 Å². The van der Waals surface area contributed by atoms with Gasteiger partial charge in [0.25, 0.3) is 0 Å². The zero-order valence-corrected chi connectivity index (χ0v) is 14.5. The highest BCUT2D eigenvalue weighted by Crippen LogP contribution is 2.20. The Morgan fingerprint density at radius 1 is 1.39 bits per heavy atom. The maximum atomic E-state index is 12.1. The molecule has 1 atom stereocenters. The number of ether oxygens (including phenoxy) is 1. The molecule has 5 nitrogen and oxygen atoms in total. The van der Waals surface area contributed by atoms with Crippen LogP contribution in [0.2, 0.25) is 0 Å². The molecule has 1 unspecified atom stereocenters. The van der Waals surface area contributed by atoms with E-state index in [0.717, 1.165) is 41.7 Å². The Morgan fingerprint density at radius 3 is 3.04 bits per heavy atom. The number of aromatic nitrogens is 2. The van der Waals surface area contributed by atoms with Crippen LogP contribution in [0.3, 0.4) is 0 Å². The van der Waals surface area contributed by atoms with E-state index in [2.05, 4.69) is 26.3 Å². The van der Waals surface area contributed by atoms with Crippen molar-refractivity contribution in [1.82, 2.24) is 9.78 Å². The Labute approximate surface area is 144 Å². The van der Waals surface area contributed by atoms with Crippen molar-refractivity contribution >= 4 is 27.7 Å². The number of amides is 1. The highest BCUT2D eigenvalue weighted by molar-refractivity contribution is 9.10. The molecule has 0 saturated carbocycles. The topological polar surface area (TPSA) is 56.1 Å². The monoisotopic (exact) mass is 377 g/mol. The lowest BCUT2D eigenvalue weighted by atomic mass is 10.1. The summed E-state index contributed by atoms with van der Waals surface area (Å²) in [6, 6.07) is 9.82. The van der Waals surface area contributed by atoms with Gasteiger partial charge in [0.2, 0.25) is 5.91 Å². The van der Waals surface area contributed by atoms with E-state index in [1.165, 1.54) is 0 Å². The Kier molecular flexibility index (Phi) is 5.46. The van der Waals surface area contributed by atoms with Gasteiger partial charge in [-0.1, -0.05) is 34.1 Å². The zero-order chi connectivity index (χ0) is 16.1. The summed E-state index contributed by atoms with van der Waals surface area (Å²) in [7, 11) is 0. The molecule has 0 radical (unpaired) electrons. The van der Waals surface area contributed by atoms with Gasteiger partial charge in [0.15, 0.2) is 0 Å². The fourth-order valence-corrected chi connectivity index (χ4v) is 3.13. The first-order chi connectivity index (χ1) is 11.2. The van der Waals surface area contributed by atoms with Gasteiger partial charge in [-0.25, -0.2) is 4.68 Å². The van der Waals surface area contributed by atoms with Crippen molar-refractivity contribution in [2.45, 2.75) is 38.3 Å². The standard InChI is InChI=1S/C17H20BrN3O2/c18-15-6-2-1-4-13(15)12-21-16(9-10-19-21)20-17(22)8-7-14-5-3-11-23-14/h1-2,4,6,9-10,14H,3,5,7-8,11-12H2,(H,20,22). The normalized spacial score (nSPS) is 17.3. The van der Waals surface area contributed by atoms with Gasteiger partial charge >= 0.3 is 0 Å². The highest BCUT2D eigenvalue weighted by atomic mass is 79.9. The summed E-state index contributed by atoms with van der Waals surface area (Å²) in [5.41, 5.74) is 1.12. The van der Waals surface area contributed by atoms with Crippen LogP contribution >= 0.6 is 15.9 Å². The fraction of sp³-hybridized carbons (Fsp3) is 0.412. The first kappa shape index (κ1) is 16.2. The molecule has 23 heavy (non-hydrogen) atoms. The lowest BCUT2D eigenvalue weighted by molar-refractivity contribution is -0.116. The van der Waals surface area contributed by atoms with Gasteiger partial charge in [-0.05, 0) is 30.9 Å². The predicted molar refractivity (Wildman–Crippen MR) is 92.3 cm³/mol. The SMILES string of the molecule is O=C(CCC1CCCO1)Nc1ccnn1Cc1ccccc1Br. The van der Waals surface area contributed by atoms with Gasteiger partial charge in [0.05, 0.1) is 18.8 Å². The largest absolute Gasteiger partial charge is 0.378 e. The molecule has 0 bridgehead atoms. The molecule has 3 rings (SSSR count). The molecule has 2 aromatic rings. The summed E-state index contributed by atoms with van der Waals surface area (Å²) < 4.78 is 8.38. The number of anilines is 1. The third-order valence-corrected chi connectivity index (χ3v) is 4.75. The lowest BCUT2D eigenvalue weighted by Crippen LogP contribution is -2.18. The molecule has 1 aromatic heterocycles. The van der Waals surface area contributed by atoms with Crippen molar-refractivity contribution in [3.05, 3.63) is 46.6 Å². The second kappa shape index (κ2) is 7.75. The number of carbonyl (C=O) groups is 1. The van der Waals surface area contributed by atoms with E-state index in [4.69, 9.17) is 4.74 Å². The van der Waals surface area contributed by atoms with E-state index in [9.17, 15) is 4.79 Å². The summed E-state index contributed by atoms with van der Waals surface area (Å²) in [5.74, 6) is 0.729. The van der Waals surface area contributed by atoms with E-state index in [-0.39, 0.29) is 12.0 Å². The van der Waals surface area contributed by atoms with Crippen LogP contribution in [-0.2, 0) is 16.1 Å². The molecular formula is C17H20BrN3O2. The molecular weight excluding hydrogens is 358 g/mol. The number of carbonyl (C=O) groups excluding carboxylic acids is 1. The Bertz CT molecular complexity index is 665. The van der Waals surface area contributed by atoms with Crippen LogP contribution in [0.25, 0.3) is 0 Å². The molecule has 122 valence electrons. The van der Waals surface area contributed by atoms with Gasteiger partial charge in [-0.15, -0.1) is 0 Å². The van der Waals surface area contributed by atoms with Crippen LogP contribution in [0.4, 0.5) is 5.82 Å². The summed E-state index contributed by atoms with van der Waals surface area (Å²) >= 11 is 3.54. The molecule has 1 aliphatic heterocycles. The number of hydrogen-bond acceptors (Lipinski definition) is 3. The minimum atomic E-state index is 0.00868. The summed E-state index contributed by atoms with van der Waals surface area (Å²) in [6.45, 7) is 1.43. The van der Waals surface area contributed by atoms with E-state index in [0.29, 0.717) is 13.0 Å². The molecule has 6 heteroatoms. The molecule has 1 saturated heterocycles. The van der Waals surface area contributed by atoms with Gasteiger partial charge in [-0.2, -0.15) is 5.10 Å². The molecule has 1 N–H and O–H groups in total. The van der Waals surface area contributed by atoms with Crippen LogP contribution in [0, 0.1) is 0 Å². The van der Waals surface area contributed by atoms with Crippen molar-refractivity contribution in [3.63, 3.8) is 0 Å². The predicted octanol–water partition coefficient (Wildman–Crippen LogP) is 3.59. The lowest BCUT2D eigenvalue weighted by Gasteiger charge is -2.11. The molecule has 2 heterocycles. The highest BCUT2D eigenvalue weighted by Gasteiger charge is 2.17. The van der Waals surface area contributed by atoms with E-state index in [1.807, 2.05) is 30.3 Å². The maximum absolute atomic E-state index is 12.1. The second-order valence-electron chi connectivity index (χ2n) is 5.69. The number of nitrogens with zero attached hydrogens (tertiary/aromatic N) is 2. The molecule has 1 aliphatic rings. The maximum Gasteiger partial charge on any atom is 0.225 e. The van der Waals surface area contributed by atoms with Crippen molar-refractivity contribution in [3.8, 4) is 0 Å². The van der Waals surface area contributed by atoms with Crippen LogP contribution in [0.5, 0.6) is 0 Å². The molecule has 0 aliphatic carbocycles. The van der Waals surface area contributed by atoms with Crippen LogP contribution in [0.1, 0.15) is 31.2 Å². The average molecular weight is 378 g/mol. The molecule has 1 amide bonds. The van der Waals surface area contributed by atoms with Gasteiger partial charge in [0, 0.05) is 23.6 Å². The smallest absolute Gasteiger partial charge is 0.225 e. The van der Waals surface area contributed by atoms with E-state index in [1.54, 1.807) is 10.9 Å².